The lowest BCUT2D eigenvalue weighted by molar-refractivity contribution is 0.0995. The van der Waals surface area contributed by atoms with E-state index in [1.54, 1.807) is 12.1 Å². The average molecular weight is 384 g/mol. The third-order valence-corrected chi connectivity index (χ3v) is 4.09. The molecule has 0 saturated heterocycles. The predicted octanol–water partition coefficient (Wildman–Crippen LogP) is 3.05. The van der Waals surface area contributed by atoms with Gasteiger partial charge in [-0.3, -0.25) is 4.79 Å². The molecule has 0 fully saturated rings. The molecule has 1 amide bonds. The van der Waals surface area contributed by atoms with Crippen molar-refractivity contribution in [3.05, 3.63) is 59.4 Å². The van der Waals surface area contributed by atoms with E-state index in [1.165, 1.54) is 30.7 Å². The summed E-state index contributed by atoms with van der Waals surface area (Å²) in [5.74, 6) is -0.202. The number of amides is 1. The van der Waals surface area contributed by atoms with Crippen molar-refractivity contribution in [1.82, 2.24) is 24.9 Å². The van der Waals surface area contributed by atoms with Gasteiger partial charge in [0, 0.05) is 12.3 Å². The Hall–Kier alpha value is -3.59. The number of primary amides is 1. The summed E-state index contributed by atoms with van der Waals surface area (Å²) in [6.45, 7) is 0. The number of aromatic amines is 1. The fourth-order valence-electron chi connectivity index (χ4n) is 2.55. The van der Waals surface area contributed by atoms with Crippen LogP contribution in [0.2, 0.25) is 5.02 Å². The number of H-pyrrole nitrogens is 1. The van der Waals surface area contributed by atoms with E-state index in [-0.39, 0.29) is 22.1 Å². The summed E-state index contributed by atoms with van der Waals surface area (Å²) < 4.78 is 14.2. The van der Waals surface area contributed by atoms with Crippen LogP contribution < -0.4 is 11.1 Å². The van der Waals surface area contributed by atoms with Gasteiger partial charge in [0.25, 0.3) is 5.91 Å². The first-order valence-electron chi connectivity index (χ1n) is 7.71. The standard InChI is InChI=1S/C17H11ClFN7O/c18-8-2-1-3-9(19)13(8)16-24-10-4-5-21-17(14(10)26-16)25-12-6-11(15(20)27)22-7-23-12/h1-7H,(H2,20,27)(H,24,26)(H,21,22,23,25). The normalized spacial score (nSPS) is 10.9. The number of carbonyl (C=O) groups excluding carboxylic acids is 1. The molecule has 0 aliphatic rings. The molecule has 3 heterocycles. The number of nitrogens with one attached hydrogen (secondary N) is 2. The van der Waals surface area contributed by atoms with Gasteiger partial charge >= 0.3 is 0 Å². The zero-order valence-corrected chi connectivity index (χ0v) is 14.3. The smallest absolute Gasteiger partial charge is 0.267 e. The average Bonchev–Trinajstić information content (AvgIpc) is 3.06. The van der Waals surface area contributed by atoms with E-state index in [9.17, 15) is 9.18 Å². The molecule has 3 aromatic heterocycles. The number of fused-ring (bicyclic) bond motifs is 1. The molecule has 4 rings (SSSR count). The molecule has 0 aliphatic carbocycles. The molecule has 0 aliphatic heterocycles. The van der Waals surface area contributed by atoms with E-state index in [2.05, 4.69) is 30.2 Å². The monoisotopic (exact) mass is 383 g/mol. The van der Waals surface area contributed by atoms with Crippen LogP contribution in [0, 0.1) is 5.82 Å². The molecule has 27 heavy (non-hydrogen) atoms. The van der Waals surface area contributed by atoms with Gasteiger partial charge in [0.05, 0.1) is 16.1 Å². The third kappa shape index (κ3) is 3.15. The van der Waals surface area contributed by atoms with Crippen LogP contribution in [0.5, 0.6) is 0 Å². The molecule has 4 aromatic rings. The number of pyridine rings is 1. The number of benzene rings is 1. The molecule has 0 saturated carbocycles. The van der Waals surface area contributed by atoms with Gasteiger partial charge in [-0.2, -0.15) is 0 Å². The minimum atomic E-state index is -0.676. The molecule has 0 spiro atoms. The van der Waals surface area contributed by atoms with Gasteiger partial charge in [-0.15, -0.1) is 0 Å². The van der Waals surface area contributed by atoms with Gasteiger partial charge < -0.3 is 16.0 Å². The predicted molar refractivity (Wildman–Crippen MR) is 98.1 cm³/mol. The van der Waals surface area contributed by atoms with E-state index in [4.69, 9.17) is 17.3 Å². The number of hydrogen-bond donors (Lipinski definition) is 3. The Morgan fingerprint density at radius 2 is 2.07 bits per heavy atom. The molecule has 4 N–H and O–H groups in total. The summed E-state index contributed by atoms with van der Waals surface area (Å²) in [5, 5.41) is 3.20. The Labute approximate surface area is 156 Å². The van der Waals surface area contributed by atoms with Gasteiger partial charge in [0.1, 0.15) is 35.0 Å². The fourth-order valence-corrected chi connectivity index (χ4v) is 2.81. The molecule has 0 bridgehead atoms. The van der Waals surface area contributed by atoms with Crippen LogP contribution >= 0.6 is 11.6 Å². The van der Waals surface area contributed by atoms with E-state index < -0.39 is 11.7 Å². The van der Waals surface area contributed by atoms with Crippen LogP contribution in [-0.4, -0.2) is 30.8 Å². The van der Waals surface area contributed by atoms with Gasteiger partial charge in [-0.05, 0) is 18.2 Å². The summed E-state index contributed by atoms with van der Waals surface area (Å²) in [5.41, 5.74) is 6.52. The summed E-state index contributed by atoms with van der Waals surface area (Å²) in [6.07, 6.45) is 2.74. The second-order valence-corrected chi connectivity index (χ2v) is 5.92. The number of nitrogens with two attached hydrogens (primary N) is 1. The van der Waals surface area contributed by atoms with Crippen molar-refractivity contribution < 1.29 is 9.18 Å². The number of nitrogens with zero attached hydrogens (tertiary/aromatic N) is 4. The zero-order chi connectivity index (χ0) is 19.0. The van der Waals surface area contributed by atoms with Gasteiger partial charge in [0.2, 0.25) is 0 Å². The highest BCUT2D eigenvalue weighted by Crippen LogP contribution is 2.31. The molecule has 0 unspecified atom stereocenters. The van der Waals surface area contributed by atoms with Crippen molar-refractivity contribution >= 4 is 40.2 Å². The highest BCUT2D eigenvalue weighted by Gasteiger charge is 2.16. The number of anilines is 2. The minimum absolute atomic E-state index is 0.0584. The maximum Gasteiger partial charge on any atom is 0.267 e. The molecular formula is C17H11ClFN7O. The number of rotatable bonds is 4. The summed E-state index contributed by atoms with van der Waals surface area (Å²) in [6, 6.07) is 7.47. The number of hydrogen-bond acceptors (Lipinski definition) is 6. The van der Waals surface area contributed by atoms with E-state index in [0.717, 1.165) is 0 Å². The van der Waals surface area contributed by atoms with Crippen molar-refractivity contribution in [3.63, 3.8) is 0 Å². The lowest BCUT2D eigenvalue weighted by Gasteiger charge is -2.05. The molecule has 134 valence electrons. The number of halogens is 2. The Balaban J connectivity index is 1.78. The van der Waals surface area contributed by atoms with E-state index in [0.29, 0.717) is 22.7 Å². The molecule has 0 atom stereocenters. The fraction of sp³-hybridized carbons (Fsp3) is 0. The minimum Gasteiger partial charge on any atom is -0.364 e. The first kappa shape index (κ1) is 16.9. The highest BCUT2D eigenvalue weighted by molar-refractivity contribution is 6.33. The van der Waals surface area contributed by atoms with Crippen LogP contribution in [0.1, 0.15) is 10.5 Å². The van der Waals surface area contributed by atoms with Crippen molar-refractivity contribution in [2.45, 2.75) is 0 Å². The number of carbonyl (C=O) groups is 1. The summed E-state index contributed by atoms with van der Waals surface area (Å²) >= 11 is 6.12. The Morgan fingerprint density at radius 3 is 2.85 bits per heavy atom. The van der Waals surface area contributed by atoms with Gasteiger partial charge in [-0.1, -0.05) is 17.7 Å². The Morgan fingerprint density at radius 1 is 1.22 bits per heavy atom. The number of imidazole rings is 1. The quantitative estimate of drug-likeness (QED) is 0.497. The lowest BCUT2D eigenvalue weighted by atomic mass is 10.2. The Kier molecular flexibility index (Phi) is 4.13. The van der Waals surface area contributed by atoms with E-state index >= 15 is 0 Å². The van der Waals surface area contributed by atoms with Gasteiger partial charge in [0.15, 0.2) is 5.82 Å². The number of aromatic nitrogens is 5. The summed E-state index contributed by atoms with van der Waals surface area (Å²) in [4.78, 5) is 30.7. The summed E-state index contributed by atoms with van der Waals surface area (Å²) in [7, 11) is 0. The SMILES string of the molecule is NC(=O)c1cc(Nc2nccc3nc(-c4c(F)cccc4Cl)[nH]c23)ncn1. The largest absolute Gasteiger partial charge is 0.364 e. The topological polar surface area (TPSA) is 122 Å². The highest BCUT2D eigenvalue weighted by atomic mass is 35.5. The van der Waals surface area contributed by atoms with Crippen molar-refractivity contribution in [3.8, 4) is 11.4 Å². The Bertz CT molecular complexity index is 1160. The van der Waals surface area contributed by atoms with Crippen LogP contribution in [0.25, 0.3) is 22.4 Å². The molecule has 10 heteroatoms. The van der Waals surface area contributed by atoms with E-state index in [1.807, 2.05) is 0 Å². The van der Waals surface area contributed by atoms with Crippen molar-refractivity contribution in [2.75, 3.05) is 5.32 Å². The molecule has 8 nitrogen and oxygen atoms in total. The lowest BCUT2D eigenvalue weighted by Crippen LogP contribution is -2.13. The van der Waals surface area contributed by atoms with Crippen LogP contribution in [0.3, 0.4) is 0 Å². The van der Waals surface area contributed by atoms with Crippen LogP contribution in [0.4, 0.5) is 16.0 Å². The molecular weight excluding hydrogens is 373 g/mol. The third-order valence-electron chi connectivity index (χ3n) is 3.77. The maximum atomic E-state index is 14.2. The molecule has 1 aromatic carbocycles. The first-order valence-corrected chi connectivity index (χ1v) is 8.08. The van der Waals surface area contributed by atoms with Crippen molar-refractivity contribution in [1.29, 1.82) is 0 Å². The van der Waals surface area contributed by atoms with Crippen LogP contribution in [0.15, 0.2) is 42.9 Å². The second kappa shape index (κ2) is 6.61. The second-order valence-electron chi connectivity index (χ2n) is 5.51. The maximum absolute atomic E-state index is 14.2. The first-order chi connectivity index (χ1) is 13.0. The van der Waals surface area contributed by atoms with Crippen LogP contribution in [-0.2, 0) is 0 Å². The van der Waals surface area contributed by atoms with Crippen molar-refractivity contribution in [2.24, 2.45) is 5.73 Å². The molecule has 0 radical (unpaired) electrons. The zero-order valence-electron chi connectivity index (χ0n) is 13.6. The van der Waals surface area contributed by atoms with Gasteiger partial charge in [-0.25, -0.2) is 24.3 Å².